The number of aromatic nitrogens is 1. The second kappa shape index (κ2) is 9.26. The molecule has 2 N–H and O–H groups in total. The van der Waals surface area contributed by atoms with Gasteiger partial charge in [-0.3, -0.25) is 14.7 Å². The van der Waals surface area contributed by atoms with Crippen LogP contribution in [0.25, 0.3) is 0 Å². The molecule has 1 atom stereocenters. The van der Waals surface area contributed by atoms with Gasteiger partial charge in [-0.2, -0.15) is 0 Å². The molecule has 1 saturated heterocycles. The fourth-order valence-corrected chi connectivity index (χ4v) is 3.98. The fraction of sp³-hybridized carbons (Fsp3) is 0.368. The van der Waals surface area contributed by atoms with Crippen LogP contribution in [0.4, 0.5) is 0 Å². The van der Waals surface area contributed by atoms with E-state index in [1.807, 2.05) is 12.1 Å². The van der Waals surface area contributed by atoms with Crippen molar-refractivity contribution in [3.05, 3.63) is 53.3 Å². The summed E-state index contributed by atoms with van der Waals surface area (Å²) in [6, 6.07) is 9.03. The van der Waals surface area contributed by atoms with Crippen LogP contribution in [0.3, 0.4) is 0 Å². The Morgan fingerprint density at radius 3 is 2.96 bits per heavy atom. The summed E-state index contributed by atoms with van der Waals surface area (Å²) in [6.07, 6.45) is 5.45. The highest BCUT2D eigenvalue weighted by Crippen LogP contribution is 2.24. The van der Waals surface area contributed by atoms with Crippen molar-refractivity contribution in [2.75, 3.05) is 18.8 Å². The second-order valence-corrected chi connectivity index (χ2v) is 7.87. The number of aromatic hydroxyl groups is 1. The minimum atomic E-state index is 0.0456. The number of thioether (sulfide) groups is 1. The Hall–Kier alpha value is -1.76. The van der Waals surface area contributed by atoms with Crippen molar-refractivity contribution in [3.63, 3.8) is 0 Å². The summed E-state index contributed by atoms with van der Waals surface area (Å²) in [5.74, 6) is 0.703. The van der Waals surface area contributed by atoms with Crippen LogP contribution in [0.15, 0.2) is 47.6 Å². The number of halogens is 1. The minimum Gasteiger partial charge on any atom is -0.508 e. The maximum atomic E-state index is 12.2. The number of piperidine rings is 1. The maximum Gasteiger partial charge on any atom is 0.230 e. The normalized spacial score (nSPS) is 17.8. The van der Waals surface area contributed by atoms with Gasteiger partial charge in [0.2, 0.25) is 5.91 Å². The molecule has 1 aromatic carbocycles. The highest BCUT2D eigenvalue weighted by molar-refractivity contribution is 8.00. The van der Waals surface area contributed by atoms with Gasteiger partial charge >= 0.3 is 0 Å². The number of amides is 1. The number of phenolic OH excluding ortho intramolecular Hbond substituents is 1. The second-order valence-electron chi connectivity index (χ2n) is 6.39. The smallest absolute Gasteiger partial charge is 0.230 e. The summed E-state index contributed by atoms with van der Waals surface area (Å²) >= 11 is 7.54. The van der Waals surface area contributed by atoms with Crippen LogP contribution in [0.2, 0.25) is 5.02 Å². The van der Waals surface area contributed by atoms with E-state index in [0.717, 1.165) is 36.4 Å². The first-order chi connectivity index (χ1) is 12.6. The average Bonchev–Trinajstić information content (AvgIpc) is 2.64. The number of benzene rings is 1. The molecule has 0 aliphatic carbocycles. The Labute approximate surface area is 162 Å². The number of nitrogens with zero attached hydrogens (tertiary/aromatic N) is 2. The molecule has 2 aromatic rings. The van der Waals surface area contributed by atoms with Gasteiger partial charge in [0.15, 0.2) is 0 Å². The molecule has 3 rings (SSSR count). The zero-order chi connectivity index (χ0) is 18.4. The van der Waals surface area contributed by atoms with E-state index in [1.165, 1.54) is 11.8 Å². The summed E-state index contributed by atoms with van der Waals surface area (Å²) in [4.78, 5) is 19.5. The van der Waals surface area contributed by atoms with Gasteiger partial charge in [-0.15, -0.1) is 11.8 Å². The molecule has 1 unspecified atom stereocenters. The van der Waals surface area contributed by atoms with E-state index < -0.39 is 0 Å². The number of hydrogen-bond acceptors (Lipinski definition) is 5. The van der Waals surface area contributed by atoms with Crippen LogP contribution >= 0.6 is 23.4 Å². The topological polar surface area (TPSA) is 65.5 Å². The van der Waals surface area contributed by atoms with E-state index in [4.69, 9.17) is 11.6 Å². The molecule has 1 aliphatic heterocycles. The van der Waals surface area contributed by atoms with Crippen molar-refractivity contribution in [2.45, 2.75) is 30.3 Å². The van der Waals surface area contributed by atoms with Crippen molar-refractivity contribution in [1.82, 2.24) is 15.2 Å². The predicted molar refractivity (Wildman–Crippen MR) is 105 cm³/mol. The van der Waals surface area contributed by atoms with E-state index in [1.54, 1.807) is 30.6 Å². The quantitative estimate of drug-likeness (QED) is 0.739. The maximum absolute atomic E-state index is 12.2. The number of rotatable bonds is 6. The molecule has 0 saturated carbocycles. The Balaban J connectivity index is 1.48. The Kier molecular flexibility index (Phi) is 6.77. The van der Waals surface area contributed by atoms with E-state index in [0.29, 0.717) is 17.3 Å². The molecule has 0 spiro atoms. The molecule has 0 bridgehead atoms. The summed E-state index contributed by atoms with van der Waals surface area (Å²) in [6.45, 7) is 2.35. The van der Waals surface area contributed by atoms with E-state index >= 15 is 0 Å². The molecule has 5 nitrogen and oxygen atoms in total. The number of likely N-dealkylation sites (tertiary alicyclic amines) is 1. The standard InChI is InChI=1S/C19H22ClN3O2S/c20-15-3-4-18(24)14(10-15)11-23-9-1-2-16(12-23)22-19(25)13-26-17-5-7-21-8-6-17/h3-8,10,16,24H,1-2,9,11-13H2,(H,22,25). The van der Waals surface area contributed by atoms with Crippen LogP contribution in [-0.4, -0.2) is 45.8 Å². The number of nitrogens with one attached hydrogen (secondary N) is 1. The van der Waals surface area contributed by atoms with Crippen molar-refractivity contribution >= 4 is 29.3 Å². The first kappa shape index (κ1) is 19.0. The minimum absolute atomic E-state index is 0.0456. The van der Waals surface area contributed by atoms with Crippen molar-refractivity contribution in [2.24, 2.45) is 0 Å². The van der Waals surface area contributed by atoms with Crippen molar-refractivity contribution in [1.29, 1.82) is 0 Å². The first-order valence-corrected chi connectivity index (χ1v) is 9.98. The largest absolute Gasteiger partial charge is 0.508 e. The van der Waals surface area contributed by atoms with Gasteiger partial charge in [0.25, 0.3) is 0 Å². The van der Waals surface area contributed by atoms with Gasteiger partial charge in [0.1, 0.15) is 5.75 Å². The third-order valence-electron chi connectivity index (χ3n) is 4.33. The molecule has 1 aliphatic rings. The number of pyridine rings is 1. The molecular weight excluding hydrogens is 370 g/mol. The SMILES string of the molecule is O=C(CSc1ccncc1)NC1CCCN(Cc2cc(Cl)ccc2O)C1. The van der Waals surface area contributed by atoms with Crippen molar-refractivity contribution < 1.29 is 9.90 Å². The van der Waals surface area contributed by atoms with Crippen molar-refractivity contribution in [3.8, 4) is 5.75 Å². The van der Waals surface area contributed by atoms with Gasteiger partial charge in [-0.25, -0.2) is 0 Å². The highest BCUT2D eigenvalue weighted by Gasteiger charge is 2.22. The number of phenols is 1. The molecule has 2 heterocycles. The Morgan fingerprint density at radius 2 is 2.15 bits per heavy atom. The third-order valence-corrected chi connectivity index (χ3v) is 5.57. The van der Waals surface area contributed by atoms with E-state index in [9.17, 15) is 9.90 Å². The lowest BCUT2D eigenvalue weighted by atomic mass is 10.0. The Morgan fingerprint density at radius 1 is 1.35 bits per heavy atom. The van der Waals surface area contributed by atoms with Gasteiger partial charge < -0.3 is 10.4 Å². The lowest BCUT2D eigenvalue weighted by Gasteiger charge is -2.33. The predicted octanol–water partition coefficient (Wildman–Crippen LogP) is 3.31. The van der Waals surface area contributed by atoms with Crippen LogP contribution < -0.4 is 5.32 Å². The lowest BCUT2D eigenvalue weighted by molar-refractivity contribution is -0.119. The van der Waals surface area contributed by atoms with Crippen LogP contribution in [0.5, 0.6) is 5.75 Å². The van der Waals surface area contributed by atoms with Gasteiger partial charge in [0.05, 0.1) is 5.75 Å². The summed E-state index contributed by atoms with van der Waals surface area (Å²) in [5, 5.41) is 13.7. The molecule has 26 heavy (non-hydrogen) atoms. The summed E-state index contributed by atoms with van der Waals surface area (Å²) in [5.41, 5.74) is 0.817. The van der Waals surface area contributed by atoms with Crippen LogP contribution in [0.1, 0.15) is 18.4 Å². The molecular formula is C19H22ClN3O2S. The molecule has 1 fully saturated rings. The van der Waals surface area contributed by atoms with E-state index in [-0.39, 0.29) is 17.7 Å². The number of hydrogen-bond donors (Lipinski definition) is 2. The van der Waals surface area contributed by atoms with E-state index in [2.05, 4.69) is 15.2 Å². The average molecular weight is 392 g/mol. The highest BCUT2D eigenvalue weighted by atomic mass is 35.5. The zero-order valence-corrected chi connectivity index (χ0v) is 16.0. The molecule has 1 aromatic heterocycles. The molecule has 7 heteroatoms. The Bertz CT molecular complexity index is 745. The summed E-state index contributed by atoms with van der Waals surface area (Å²) in [7, 11) is 0. The number of carbonyl (C=O) groups excluding carboxylic acids is 1. The third kappa shape index (κ3) is 5.62. The fourth-order valence-electron chi connectivity index (χ4n) is 3.09. The van der Waals surface area contributed by atoms with Crippen LogP contribution in [-0.2, 0) is 11.3 Å². The monoisotopic (exact) mass is 391 g/mol. The van der Waals surface area contributed by atoms with Crippen LogP contribution in [0, 0.1) is 0 Å². The summed E-state index contributed by atoms with van der Waals surface area (Å²) < 4.78 is 0. The molecule has 1 amide bonds. The number of carbonyl (C=O) groups is 1. The first-order valence-electron chi connectivity index (χ1n) is 8.62. The molecule has 138 valence electrons. The molecule has 0 radical (unpaired) electrons. The lowest BCUT2D eigenvalue weighted by Crippen LogP contribution is -2.47. The van der Waals surface area contributed by atoms with Gasteiger partial charge in [-0.05, 0) is 49.7 Å². The van der Waals surface area contributed by atoms with Gasteiger partial charge in [0, 0.05) is 47.0 Å². The zero-order valence-electron chi connectivity index (χ0n) is 14.4. The van der Waals surface area contributed by atoms with Gasteiger partial charge in [-0.1, -0.05) is 11.6 Å².